The van der Waals surface area contributed by atoms with Crippen molar-refractivity contribution in [3.05, 3.63) is 93.8 Å². The van der Waals surface area contributed by atoms with Gasteiger partial charge < -0.3 is 5.32 Å². The predicted octanol–water partition coefficient (Wildman–Crippen LogP) is 4.95. The third kappa shape index (κ3) is 4.30. The number of hydrogen-bond acceptors (Lipinski definition) is 4. The number of hydrogen-bond donors (Lipinski definition) is 1. The summed E-state index contributed by atoms with van der Waals surface area (Å²) in [5.74, 6) is 0.846. The van der Waals surface area contributed by atoms with E-state index in [0.29, 0.717) is 11.1 Å². The Hall–Kier alpha value is -2.14. The van der Waals surface area contributed by atoms with Crippen molar-refractivity contribution in [3.8, 4) is 0 Å². The van der Waals surface area contributed by atoms with Gasteiger partial charge in [-0.05, 0) is 60.8 Å². The van der Waals surface area contributed by atoms with Crippen LogP contribution in [0.2, 0.25) is 5.02 Å². The first-order chi connectivity index (χ1) is 13.7. The summed E-state index contributed by atoms with van der Waals surface area (Å²) in [5.41, 5.74) is 5.31. The van der Waals surface area contributed by atoms with Crippen LogP contribution in [-0.2, 0) is 18.6 Å². The predicted molar refractivity (Wildman–Crippen MR) is 115 cm³/mol. The van der Waals surface area contributed by atoms with Crippen LogP contribution in [0.4, 0.5) is 0 Å². The molecule has 1 aliphatic heterocycles. The summed E-state index contributed by atoms with van der Waals surface area (Å²) in [4.78, 5) is 17.7. The summed E-state index contributed by atoms with van der Waals surface area (Å²) in [6.45, 7) is 2.01. The number of halogens is 1. The molecule has 0 aliphatic carbocycles. The minimum absolute atomic E-state index is 0.0190. The Morgan fingerprint density at radius 2 is 1.68 bits per heavy atom. The monoisotopic (exact) mass is 408 g/mol. The van der Waals surface area contributed by atoms with Gasteiger partial charge in [-0.1, -0.05) is 41.9 Å². The molecule has 0 atom stereocenters. The maximum absolute atomic E-state index is 12.5. The number of thioether (sulfide) groups is 1. The largest absolute Gasteiger partial charge is 0.316 e. The van der Waals surface area contributed by atoms with Crippen LogP contribution in [-0.4, -0.2) is 23.9 Å². The molecule has 0 spiro atoms. The Balaban J connectivity index is 1.48. The number of carbonyl (C=O) groups is 1. The molecule has 3 aromatic rings. The molecule has 2 aromatic carbocycles. The highest BCUT2D eigenvalue weighted by Crippen LogP contribution is 2.36. The maximum Gasteiger partial charge on any atom is 0.193 e. The molecule has 0 unspecified atom stereocenters. The molecule has 0 saturated carbocycles. The number of aromatic nitrogens is 1. The second kappa shape index (κ2) is 8.91. The summed E-state index contributed by atoms with van der Waals surface area (Å²) in [6.07, 6.45) is 5.34. The summed E-state index contributed by atoms with van der Waals surface area (Å²) in [5, 5.41) is 4.29. The average molecular weight is 409 g/mol. The SMILES string of the molecule is O=C(c1ccncc1)c1ccc(CSc2c(Cl)ccc3c2CCNCC3)cc1. The first-order valence-corrected chi connectivity index (χ1v) is 10.8. The van der Waals surface area contributed by atoms with Gasteiger partial charge in [0, 0.05) is 34.2 Å². The van der Waals surface area contributed by atoms with Crippen molar-refractivity contribution in [1.29, 1.82) is 0 Å². The summed E-state index contributed by atoms with van der Waals surface area (Å²) in [6, 6.07) is 15.5. The second-order valence-corrected chi connectivity index (χ2v) is 8.21. The topological polar surface area (TPSA) is 42.0 Å². The van der Waals surface area contributed by atoms with Crippen LogP contribution in [0.3, 0.4) is 0 Å². The fourth-order valence-corrected chi connectivity index (χ4v) is 4.90. The highest BCUT2D eigenvalue weighted by Gasteiger charge is 2.15. The van der Waals surface area contributed by atoms with Gasteiger partial charge in [0.2, 0.25) is 0 Å². The van der Waals surface area contributed by atoms with Crippen LogP contribution in [0.1, 0.15) is 32.6 Å². The molecule has 2 heterocycles. The second-order valence-electron chi connectivity index (χ2n) is 6.81. The van der Waals surface area contributed by atoms with E-state index in [1.807, 2.05) is 30.3 Å². The Labute approximate surface area is 174 Å². The quantitative estimate of drug-likeness (QED) is 0.479. The number of pyridine rings is 1. The van der Waals surface area contributed by atoms with Gasteiger partial charge >= 0.3 is 0 Å². The number of fused-ring (bicyclic) bond motifs is 1. The Bertz CT molecular complexity index is 974. The van der Waals surface area contributed by atoms with Gasteiger partial charge in [-0.15, -0.1) is 11.8 Å². The van der Waals surface area contributed by atoms with Gasteiger partial charge in [-0.2, -0.15) is 0 Å². The van der Waals surface area contributed by atoms with Crippen molar-refractivity contribution < 1.29 is 4.79 Å². The molecule has 1 aliphatic rings. The number of carbonyl (C=O) groups excluding carboxylic acids is 1. The molecule has 1 N–H and O–H groups in total. The lowest BCUT2D eigenvalue weighted by Crippen LogP contribution is -2.16. The molecule has 0 saturated heterocycles. The number of ketones is 1. The van der Waals surface area contributed by atoms with Crippen molar-refractivity contribution in [2.45, 2.75) is 23.5 Å². The molecular weight excluding hydrogens is 388 g/mol. The van der Waals surface area contributed by atoms with Crippen LogP contribution in [0, 0.1) is 0 Å². The molecule has 5 heteroatoms. The fourth-order valence-electron chi connectivity index (χ4n) is 3.44. The molecule has 28 heavy (non-hydrogen) atoms. The van der Waals surface area contributed by atoms with E-state index in [1.165, 1.54) is 21.6 Å². The number of rotatable bonds is 5. The Morgan fingerprint density at radius 1 is 0.964 bits per heavy atom. The van der Waals surface area contributed by atoms with Crippen molar-refractivity contribution in [2.24, 2.45) is 0 Å². The van der Waals surface area contributed by atoms with E-state index in [1.54, 1.807) is 36.3 Å². The Kier molecular flexibility index (Phi) is 6.10. The van der Waals surface area contributed by atoms with Crippen molar-refractivity contribution in [2.75, 3.05) is 13.1 Å². The van der Waals surface area contributed by atoms with Crippen LogP contribution < -0.4 is 5.32 Å². The van der Waals surface area contributed by atoms with Gasteiger partial charge in [0.15, 0.2) is 5.78 Å². The summed E-state index contributed by atoms with van der Waals surface area (Å²) >= 11 is 8.31. The van der Waals surface area contributed by atoms with Crippen LogP contribution in [0.5, 0.6) is 0 Å². The molecule has 0 bridgehead atoms. The maximum atomic E-state index is 12.5. The minimum Gasteiger partial charge on any atom is -0.316 e. The lowest BCUT2D eigenvalue weighted by atomic mass is 10.0. The summed E-state index contributed by atoms with van der Waals surface area (Å²) < 4.78 is 0. The van der Waals surface area contributed by atoms with E-state index < -0.39 is 0 Å². The van der Waals surface area contributed by atoms with Crippen molar-refractivity contribution in [1.82, 2.24) is 10.3 Å². The lowest BCUT2D eigenvalue weighted by molar-refractivity contribution is 0.103. The highest BCUT2D eigenvalue weighted by molar-refractivity contribution is 7.98. The van der Waals surface area contributed by atoms with E-state index >= 15 is 0 Å². The van der Waals surface area contributed by atoms with Crippen molar-refractivity contribution >= 4 is 29.1 Å². The van der Waals surface area contributed by atoms with Gasteiger partial charge in [-0.25, -0.2) is 0 Å². The first kappa shape index (κ1) is 19.2. The Morgan fingerprint density at radius 3 is 2.46 bits per heavy atom. The van der Waals surface area contributed by atoms with E-state index in [-0.39, 0.29) is 5.78 Å². The molecule has 142 valence electrons. The highest BCUT2D eigenvalue weighted by atomic mass is 35.5. The third-order valence-electron chi connectivity index (χ3n) is 4.97. The van der Waals surface area contributed by atoms with E-state index in [4.69, 9.17) is 11.6 Å². The first-order valence-electron chi connectivity index (χ1n) is 9.40. The third-order valence-corrected chi connectivity index (χ3v) is 6.63. The minimum atomic E-state index is 0.0190. The zero-order chi connectivity index (χ0) is 19.3. The van der Waals surface area contributed by atoms with Crippen LogP contribution in [0.25, 0.3) is 0 Å². The molecule has 0 radical (unpaired) electrons. The van der Waals surface area contributed by atoms with Gasteiger partial charge in [0.25, 0.3) is 0 Å². The standard InChI is InChI=1S/C23H21ClN2OS/c24-21-6-5-17-7-11-26-14-10-20(17)23(21)28-15-16-1-3-18(4-2-16)22(27)19-8-12-25-13-9-19/h1-6,8-9,12-13,26H,7,10-11,14-15H2. The van der Waals surface area contributed by atoms with Gasteiger partial charge in [-0.3, -0.25) is 9.78 Å². The van der Waals surface area contributed by atoms with Gasteiger partial charge in [0.1, 0.15) is 0 Å². The number of benzene rings is 2. The van der Waals surface area contributed by atoms with Gasteiger partial charge in [0.05, 0.1) is 5.02 Å². The molecular formula is C23H21ClN2OS. The fraction of sp³-hybridized carbons (Fsp3) is 0.217. The van der Waals surface area contributed by atoms with Crippen LogP contribution >= 0.6 is 23.4 Å². The zero-order valence-electron chi connectivity index (χ0n) is 15.5. The summed E-state index contributed by atoms with van der Waals surface area (Å²) in [7, 11) is 0. The molecule has 4 rings (SSSR count). The molecule has 1 aromatic heterocycles. The zero-order valence-corrected chi connectivity index (χ0v) is 17.0. The average Bonchev–Trinajstić information content (AvgIpc) is 2.99. The van der Waals surface area contributed by atoms with Crippen LogP contribution in [0.15, 0.2) is 65.8 Å². The van der Waals surface area contributed by atoms with E-state index in [2.05, 4.69) is 16.4 Å². The smallest absolute Gasteiger partial charge is 0.193 e. The van der Waals surface area contributed by atoms with E-state index in [9.17, 15) is 4.79 Å². The van der Waals surface area contributed by atoms with Crippen molar-refractivity contribution in [3.63, 3.8) is 0 Å². The molecule has 0 amide bonds. The number of nitrogens with zero attached hydrogens (tertiary/aromatic N) is 1. The molecule has 0 fully saturated rings. The lowest BCUT2D eigenvalue weighted by Gasteiger charge is -2.14. The molecule has 3 nitrogen and oxygen atoms in total. The van der Waals surface area contributed by atoms with E-state index in [0.717, 1.165) is 36.7 Å². The number of nitrogens with one attached hydrogen (secondary N) is 1. The normalized spacial score (nSPS) is 13.6.